The maximum Gasteiger partial charge on any atom is 0.270 e. The van der Waals surface area contributed by atoms with Crippen molar-refractivity contribution in [3.05, 3.63) is 53.5 Å². The van der Waals surface area contributed by atoms with Crippen molar-refractivity contribution in [1.29, 1.82) is 0 Å². The molecule has 1 unspecified atom stereocenters. The number of benzene rings is 1. The van der Waals surface area contributed by atoms with Crippen molar-refractivity contribution in [3.63, 3.8) is 0 Å². The first-order valence-electron chi connectivity index (χ1n) is 10.0. The number of nitrogens with one attached hydrogen (secondary N) is 1. The van der Waals surface area contributed by atoms with Crippen LogP contribution in [0.15, 0.2) is 36.4 Å². The monoisotopic (exact) mass is 366 g/mol. The minimum Gasteiger partial charge on any atom is -0.356 e. The number of rotatable bonds is 6. The van der Waals surface area contributed by atoms with Gasteiger partial charge in [0.25, 0.3) is 5.91 Å². The second-order valence-electron chi connectivity index (χ2n) is 7.56. The van der Waals surface area contributed by atoms with E-state index in [0.29, 0.717) is 17.4 Å². The Morgan fingerprint density at radius 1 is 1.22 bits per heavy atom. The van der Waals surface area contributed by atoms with Crippen LogP contribution in [0.25, 0.3) is 0 Å². The molecule has 5 nitrogen and oxygen atoms in total. The number of carbonyl (C=O) groups excluding carboxylic acids is 1. The Balaban J connectivity index is 1.63. The van der Waals surface area contributed by atoms with Crippen molar-refractivity contribution in [2.45, 2.75) is 52.5 Å². The van der Waals surface area contributed by atoms with Crippen LogP contribution in [0.2, 0.25) is 0 Å². The summed E-state index contributed by atoms with van der Waals surface area (Å²) in [7, 11) is 0. The number of hydrogen-bond donors (Lipinski definition) is 1. The Morgan fingerprint density at radius 3 is 2.59 bits per heavy atom. The number of aryl methyl sites for hydroxylation is 1. The normalized spacial score (nSPS) is 16.2. The van der Waals surface area contributed by atoms with Crippen LogP contribution in [0.3, 0.4) is 0 Å². The average Bonchev–Trinajstić information content (AvgIpc) is 2.68. The molecule has 0 radical (unpaired) electrons. The number of aromatic nitrogens is 2. The summed E-state index contributed by atoms with van der Waals surface area (Å²) in [5.41, 5.74) is 1.88. The summed E-state index contributed by atoms with van der Waals surface area (Å²) in [6.07, 6.45) is 4.33. The van der Waals surface area contributed by atoms with Crippen LogP contribution < -0.4 is 10.2 Å². The van der Waals surface area contributed by atoms with Crippen LogP contribution in [-0.4, -0.2) is 35.0 Å². The van der Waals surface area contributed by atoms with Crippen LogP contribution in [-0.2, 0) is 6.42 Å². The first kappa shape index (κ1) is 19.3. The molecule has 1 aromatic carbocycles. The van der Waals surface area contributed by atoms with Gasteiger partial charge >= 0.3 is 0 Å². The van der Waals surface area contributed by atoms with E-state index >= 15 is 0 Å². The van der Waals surface area contributed by atoms with E-state index in [4.69, 9.17) is 0 Å². The molecule has 1 saturated heterocycles. The Hall–Kier alpha value is -2.43. The summed E-state index contributed by atoms with van der Waals surface area (Å²) in [6, 6.07) is 12.7. The van der Waals surface area contributed by atoms with Crippen LogP contribution in [0.4, 0.5) is 5.82 Å². The molecule has 1 N–H and O–H groups in total. The summed E-state index contributed by atoms with van der Waals surface area (Å²) < 4.78 is 0. The van der Waals surface area contributed by atoms with Gasteiger partial charge in [0.1, 0.15) is 17.3 Å². The van der Waals surface area contributed by atoms with Gasteiger partial charge in [-0.3, -0.25) is 4.79 Å². The molecular formula is C22H30N4O. The first-order valence-corrected chi connectivity index (χ1v) is 10.0. The van der Waals surface area contributed by atoms with Gasteiger partial charge in [-0.1, -0.05) is 37.3 Å². The van der Waals surface area contributed by atoms with Gasteiger partial charge in [0.05, 0.1) is 0 Å². The van der Waals surface area contributed by atoms with Gasteiger partial charge in [0, 0.05) is 25.2 Å². The minimum absolute atomic E-state index is 0.116. The van der Waals surface area contributed by atoms with Crippen LogP contribution in [0.5, 0.6) is 0 Å². The van der Waals surface area contributed by atoms with Gasteiger partial charge in [-0.05, 0) is 51.0 Å². The maximum atomic E-state index is 12.4. The molecule has 1 atom stereocenters. The predicted octanol–water partition coefficient (Wildman–Crippen LogP) is 3.77. The molecule has 1 aromatic heterocycles. The van der Waals surface area contributed by atoms with E-state index in [-0.39, 0.29) is 11.9 Å². The van der Waals surface area contributed by atoms with E-state index in [1.54, 1.807) is 0 Å². The molecule has 1 aliphatic rings. The molecule has 1 aliphatic heterocycles. The van der Waals surface area contributed by atoms with Crippen molar-refractivity contribution in [2.75, 3.05) is 18.0 Å². The Labute approximate surface area is 162 Å². The van der Waals surface area contributed by atoms with E-state index in [0.717, 1.165) is 44.6 Å². The topological polar surface area (TPSA) is 58.1 Å². The third-order valence-electron chi connectivity index (χ3n) is 5.35. The van der Waals surface area contributed by atoms with Crippen LogP contribution >= 0.6 is 0 Å². The molecule has 5 heteroatoms. The molecule has 0 saturated carbocycles. The highest BCUT2D eigenvalue weighted by Gasteiger charge is 2.22. The smallest absolute Gasteiger partial charge is 0.270 e. The fourth-order valence-electron chi connectivity index (χ4n) is 3.54. The summed E-state index contributed by atoms with van der Waals surface area (Å²) >= 11 is 0. The van der Waals surface area contributed by atoms with Gasteiger partial charge in [0.2, 0.25) is 0 Å². The van der Waals surface area contributed by atoms with Crippen LogP contribution in [0.1, 0.15) is 55.0 Å². The molecule has 0 spiro atoms. The number of piperidine rings is 1. The number of amides is 1. The third-order valence-corrected chi connectivity index (χ3v) is 5.35. The van der Waals surface area contributed by atoms with E-state index < -0.39 is 0 Å². The van der Waals surface area contributed by atoms with Gasteiger partial charge < -0.3 is 10.2 Å². The predicted molar refractivity (Wildman–Crippen MR) is 109 cm³/mol. The Morgan fingerprint density at radius 2 is 1.93 bits per heavy atom. The SMILES string of the molecule is CCC(C)NC(=O)c1cc(N2CCC(Cc3ccccc3)CC2)nc(C)n1. The highest BCUT2D eigenvalue weighted by atomic mass is 16.1. The van der Waals surface area contributed by atoms with Gasteiger partial charge in [-0.25, -0.2) is 9.97 Å². The van der Waals surface area contributed by atoms with Crippen molar-refractivity contribution >= 4 is 11.7 Å². The molecule has 2 heterocycles. The quantitative estimate of drug-likeness (QED) is 0.845. The van der Waals surface area contributed by atoms with Gasteiger partial charge in [0.15, 0.2) is 0 Å². The lowest BCUT2D eigenvalue weighted by molar-refractivity contribution is 0.0934. The molecular weight excluding hydrogens is 336 g/mol. The fourth-order valence-corrected chi connectivity index (χ4v) is 3.54. The summed E-state index contributed by atoms with van der Waals surface area (Å²) in [5, 5.41) is 2.99. The molecule has 0 aliphatic carbocycles. The first-order chi connectivity index (χ1) is 13.0. The molecule has 144 valence electrons. The third kappa shape index (κ3) is 5.28. The number of hydrogen-bond acceptors (Lipinski definition) is 4. The fraction of sp³-hybridized carbons (Fsp3) is 0.500. The zero-order valence-electron chi connectivity index (χ0n) is 16.6. The number of carbonyl (C=O) groups is 1. The highest BCUT2D eigenvalue weighted by Crippen LogP contribution is 2.25. The van der Waals surface area contributed by atoms with Crippen molar-refractivity contribution < 1.29 is 4.79 Å². The molecule has 1 amide bonds. The van der Waals surface area contributed by atoms with Crippen molar-refractivity contribution in [3.8, 4) is 0 Å². The summed E-state index contributed by atoms with van der Waals surface area (Å²) in [5.74, 6) is 2.11. The number of anilines is 1. The molecule has 1 fully saturated rings. The standard InChI is InChI=1S/C22H30N4O/c1-4-16(2)23-22(27)20-15-21(25-17(3)24-20)26-12-10-19(11-13-26)14-18-8-6-5-7-9-18/h5-9,15-16,19H,4,10-14H2,1-3H3,(H,23,27). The van der Waals surface area contributed by atoms with E-state index in [9.17, 15) is 4.79 Å². The molecule has 0 bridgehead atoms. The Bertz CT molecular complexity index is 754. The second-order valence-corrected chi connectivity index (χ2v) is 7.56. The van der Waals surface area contributed by atoms with Crippen molar-refractivity contribution in [2.24, 2.45) is 5.92 Å². The minimum atomic E-state index is -0.116. The number of nitrogens with zero attached hydrogens (tertiary/aromatic N) is 3. The maximum absolute atomic E-state index is 12.4. The van der Waals surface area contributed by atoms with Crippen LogP contribution in [0, 0.1) is 12.8 Å². The second kappa shape index (κ2) is 8.98. The average molecular weight is 367 g/mol. The Kier molecular flexibility index (Phi) is 6.43. The van der Waals surface area contributed by atoms with E-state index in [1.807, 2.05) is 19.9 Å². The summed E-state index contributed by atoms with van der Waals surface area (Å²) in [4.78, 5) is 23.6. The summed E-state index contributed by atoms with van der Waals surface area (Å²) in [6.45, 7) is 7.86. The lowest BCUT2D eigenvalue weighted by atomic mass is 9.90. The largest absolute Gasteiger partial charge is 0.356 e. The van der Waals surface area contributed by atoms with Gasteiger partial charge in [-0.2, -0.15) is 0 Å². The zero-order chi connectivity index (χ0) is 19.2. The lowest BCUT2D eigenvalue weighted by Crippen LogP contribution is -2.36. The zero-order valence-corrected chi connectivity index (χ0v) is 16.6. The van der Waals surface area contributed by atoms with E-state index in [1.165, 1.54) is 5.56 Å². The highest BCUT2D eigenvalue weighted by molar-refractivity contribution is 5.93. The molecule has 3 rings (SSSR count). The molecule has 2 aromatic rings. The van der Waals surface area contributed by atoms with Gasteiger partial charge in [-0.15, -0.1) is 0 Å². The lowest BCUT2D eigenvalue weighted by Gasteiger charge is -2.33. The van der Waals surface area contributed by atoms with E-state index in [2.05, 4.69) is 57.4 Å². The molecule has 27 heavy (non-hydrogen) atoms. The van der Waals surface area contributed by atoms with Crippen molar-refractivity contribution in [1.82, 2.24) is 15.3 Å².